The minimum absolute atomic E-state index is 0.210. The van der Waals surface area contributed by atoms with E-state index in [-0.39, 0.29) is 12.6 Å². The van der Waals surface area contributed by atoms with E-state index < -0.39 is 0 Å². The van der Waals surface area contributed by atoms with E-state index in [4.69, 9.17) is 0 Å². The smallest absolute Gasteiger partial charge is 0.0585 e. The number of nitrogens with one attached hydrogen (secondary N) is 1. The molecule has 0 aliphatic rings. The summed E-state index contributed by atoms with van der Waals surface area (Å²) in [4.78, 5) is 6.60. The molecule has 0 aliphatic carbocycles. The van der Waals surface area contributed by atoms with Crippen molar-refractivity contribution in [3.63, 3.8) is 0 Å². The molecule has 102 valence electrons. The van der Waals surface area contributed by atoms with Crippen LogP contribution in [0.2, 0.25) is 0 Å². The SMILES string of the molecule is CCNC(CO)CCN(C)CCc1ccccn1. The maximum absolute atomic E-state index is 9.19. The lowest BCUT2D eigenvalue weighted by atomic mass is 10.2. The summed E-state index contributed by atoms with van der Waals surface area (Å²) in [7, 11) is 2.11. The standard InChI is InChI=1S/C14H25N3O/c1-3-15-14(12-18)8-11-17(2)10-7-13-6-4-5-9-16-13/h4-6,9,14-15,18H,3,7-8,10-12H2,1-2H3. The first-order chi connectivity index (χ1) is 8.76. The molecule has 1 rings (SSSR count). The third-order valence-electron chi connectivity index (χ3n) is 3.05. The fraction of sp³-hybridized carbons (Fsp3) is 0.643. The molecule has 1 unspecified atom stereocenters. The first-order valence-corrected chi connectivity index (χ1v) is 6.69. The summed E-state index contributed by atoms with van der Waals surface area (Å²) in [6.45, 7) is 5.17. The molecule has 1 atom stereocenters. The molecular formula is C14H25N3O. The Labute approximate surface area is 110 Å². The van der Waals surface area contributed by atoms with Gasteiger partial charge in [-0.2, -0.15) is 0 Å². The molecule has 0 amide bonds. The van der Waals surface area contributed by atoms with Gasteiger partial charge in [-0.15, -0.1) is 0 Å². The van der Waals surface area contributed by atoms with Crippen LogP contribution in [0.3, 0.4) is 0 Å². The van der Waals surface area contributed by atoms with E-state index in [1.165, 1.54) is 0 Å². The Hall–Kier alpha value is -0.970. The van der Waals surface area contributed by atoms with Crippen LogP contribution >= 0.6 is 0 Å². The molecule has 0 aliphatic heterocycles. The van der Waals surface area contributed by atoms with Gasteiger partial charge in [0.1, 0.15) is 0 Å². The average Bonchev–Trinajstić information content (AvgIpc) is 2.42. The van der Waals surface area contributed by atoms with E-state index in [2.05, 4.69) is 35.2 Å². The predicted molar refractivity (Wildman–Crippen MR) is 74.6 cm³/mol. The molecular weight excluding hydrogens is 226 g/mol. The van der Waals surface area contributed by atoms with Gasteiger partial charge in [0.15, 0.2) is 0 Å². The third kappa shape index (κ3) is 6.10. The zero-order valence-electron chi connectivity index (χ0n) is 11.5. The zero-order chi connectivity index (χ0) is 13.2. The van der Waals surface area contributed by atoms with Gasteiger partial charge in [-0.3, -0.25) is 4.98 Å². The summed E-state index contributed by atoms with van der Waals surface area (Å²) in [5.41, 5.74) is 1.13. The highest BCUT2D eigenvalue weighted by Crippen LogP contribution is 1.99. The number of aliphatic hydroxyl groups is 1. The van der Waals surface area contributed by atoms with Crippen LogP contribution in [0, 0.1) is 0 Å². The van der Waals surface area contributed by atoms with Crippen molar-refractivity contribution in [3.8, 4) is 0 Å². The summed E-state index contributed by atoms with van der Waals surface area (Å²) >= 11 is 0. The molecule has 2 N–H and O–H groups in total. The van der Waals surface area contributed by atoms with Crippen LogP contribution < -0.4 is 5.32 Å². The van der Waals surface area contributed by atoms with E-state index in [9.17, 15) is 5.11 Å². The molecule has 4 nitrogen and oxygen atoms in total. The van der Waals surface area contributed by atoms with E-state index in [1.807, 2.05) is 18.3 Å². The van der Waals surface area contributed by atoms with Gasteiger partial charge < -0.3 is 15.3 Å². The van der Waals surface area contributed by atoms with Gasteiger partial charge in [-0.1, -0.05) is 13.0 Å². The Morgan fingerprint density at radius 2 is 2.22 bits per heavy atom. The van der Waals surface area contributed by atoms with Crippen LogP contribution in [-0.2, 0) is 6.42 Å². The van der Waals surface area contributed by atoms with Crippen LogP contribution in [0.5, 0.6) is 0 Å². The van der Waals surface area contributed by atoms with Gasteiger partial charge in [-0.05, 0) is 38.7 Å². The molecule has 0 radical (unpaired) electrons. The van der Waals surface area contributed by atoms with Crippen molar-refractivity contribution in [1.82, 2.24) is 15.2 Å². The number of hydrogen-bond acceptors (Lipinski definition) is 4. The highest BCUT2D eigenvalue weighted by molar-refractivity contribution is 5.03. The molecule has 0 aromatic carbocycles. The molecule has 0 fully saturated rings. The Balaban J connectivity index is 2.19. The number of nitrogens with zero attached hydrogens (tertiary/aromatic N) is 2. The highest BCUT2D eigenvalue weighted by atomic mass is 16.3. The van der Waals surface area contributed by atoms with Crippen LogP contribution in [0.1, 0.15) is 19.0 Å². The second-order valence-electron chi connectivity index (χ2n) is 4.60. The molecule has 0 bridgehead atoms. The lowest BCUT2D eigenvalue weighted by Gasteiger charge is -2.20. The van der Waals surface area contributed by atoms with E-state index in [1.54, 1.807) is 0 Å². The topological polar surface area (TPSA) is 48.4 Å². The Morgan fingerprint density at radius 1 is 1.39 bits per heavy atom. The largest absolute Gasteiger partial charge is 0.395 e. The molecule has 4 heteroatoms. The second kappa shape index (κ2) is 9.03. The number of hydrogen-bond donors (Lipinski definition) is 2. The van der Waals surface area contributed by atoms with Crippen molar-refractivity contribution < 1.29 is 5.11 Å². The van der Waals surface area contributed by atoms with Crippen molar-refractivity contribution in [2.75, 3.05) is 33.3 Å². The van der Waals surface area contributed by atoms with Gasteiger partial charge in [0.05, 0.1) is 6.61 Å². The Bertz CT molecular complexity index is 305. The predicted octanol–water partition coefficient (Wildman–Crippen LogP) is 0.916. The minimum atomic E-state index is 0.210. The van der Waals surface area contributed by atoms with Crippen molar-refractivity contribution in [2.24, 2.45) is 0 Å². The Kier molecular flexibility index (Phi) is 7.57. The minimum Gasteiger partial charge on any atom is -0.395 e. The lowest BCUT2D eigenvalue weighted by Crippen LogP contribution is -2.36. The summed E-state index contributed by atoms with van der Waals surface area (Å²) in [6, 6.07) is 6.24. The first-order valence-electron chi connectivity index (χ1n) is 6.69. The van der Waals surface area contributed by atoms with Gasteiger partial charge in [0, 0.05) is 30.9 Å². The third-order valence-corrected chi connectivity index (χ3v) is 3.05. The maximum Gasteiger partial charge on any atom is 0.0585 e. The van der Waals surface area contributed by atoms with Gasteiger partial charge >= 0.3 is 0 Å². The van der Waals surface area contributed by atoms with Gasteiger partial charge in [-0.25, -0.2) is 0 Å². The Morgan fingerprint density at radius 3 is 2.83 bits per heavy atom. The molecule has 0 spiro atoms. The maximum atomic E-state index is 9.19. The van der Waals surface area contributed by atoms with Crippen molar-refractivity contribution in [2.45, 2.75) is 25.8 Å². The normalized spacial score (nSPS) is 12.9. The number of likely N-dealkylation sites (N-methyl/N-ethyl adjacent to an activating group) is 2. The fourth-order valence-electron chi connectivity index (χ4n) is 1.89. The van der Waals surface area contributed by atoms with Crippen molar-refractivity contribution in [3.05, 3.63) is 30.1 Å². The van der Waals surface area contributed by atoms with Crippen LogP contribution in [0.25, 0.3) is 0 Å². The summed E-state index contributed by atoms with van der Waals surface area (Å²) < 4.78 is 0. The molecule has 18 heavy (non-hydrogen) atoms. The van der Waals surface area contributed by atoms with E-state index >= 15 is 0 Å². The number of pyridine rings is 1. The molecule has 0 saturated carbocycles. The van der Waals surface area contributed by atoms with Crippen molar-refractivity contribution in [1.29, 1.82) is 0 Å². The average molecular weight is 251 g/mol. The van der Waals surface area contributed by atoms with E-state index in [0.717, 1.165) is 38.2 Å². The number of aliphatic hydroxyl groups excluding tert-OH is 1. The highest BCUT2D eigenvalue weighted by Gasteiger charge is 2.07. The van der Waals surface area contributed by atoms with Gasteiger partial charge in [0.2, 0.25) is 0 Å². The molecule has 0 saturated heterocycles. The quantitative estimate of drug-likeness (QED) is 0.685. The van der Waals surface area contributed by atoms with Crippen LogP contribution in [0.15, 0.2) is 24.4 Å². The molecule has 1 aromatic rings. The monoisotopic (exact) mass is 251 g/mol. The molecule has 1 aromatic heterocycles. The first kappa shape index (κ1) is 15.1. The zero-order valence-corrected chi connectivity index (χ0v) is 11.5. The summed E-state index contributed by atoms with van der Waals surface area (Å²) in [5, 5.41) is 12.5. The van der Waals surface area contributed by atoms with Gasteiger partial charge in [0.25, 0.3) is 0 Å². The fourth-order valence-corrected chi connectivity index (χ4v) is 1.89. The van der Waals surface area contributed by atoms with Crippen LogP contribution in [0.4, 0.5) is 0 Å². The van der Waals surface area contributed by atoms with Crippen molar-refractivity contribution >= 4 is 0 Å². The molecule has 1 heterocycles. The number of aromatic nitrogens is 1. The lowest BCUT2D eigenvalue weighted by molar-refractivity contribution is 0.219. The second-order valence-corrected chi connectivity index (χ2v) is 4.60. The number of rotatable bonds is 9. The summed E-state index contributed by atoms with van der Waals surface area (Å²) in [6.07, 6.45) is 3.79. The van der Waals surface area contributed by atoms with Crippen LogP contribution in [-0.4, -0.2) is 54.3 Å². The van der Waals surface area contributed by atoms with E-state index in [0.29, 0.717) is 0 Å². The summed E-state index contributed by atoms with van der Waals surface area (Å²) in [5.74, 6) is 0.